The maximum atomic E-state index is 12.5. The zero-order valence-corrected chi connectivity index (χ0v) is 35.3. The van der Waals surface area contributed by atoms with Crippen LogP contribution in [0.3, 0.4) is 0 Å². The number of ketones is 1. The number of aliphatic hydroxyl groups is 2. The standard InChI is InChI=1S/C43H78NO10P/c1-3-5-7-8-9-10-11-12-13-14-15-16-17-18-21-25-32-51-38(36-54-55(49,50)53-33-31-44)35-52-43(48)28-24-20-19-23-27-39-40(42(47)34-41(39)46)30-29-37(45)26-22-6-4-2/h19,23,25,29-30,32,37-40,42,45,47H,3-18,20-22,24,26-28,31,33-36,44H2,1-2H3,(H,49,50)/b23-19-,30-29+,32-25+/t37-,38+,39+,40+,42+/m0/s1. The van der Waals surface area contributed by atoms with Gasteiger partial charge in [0.2, 0.25) is 0 Å². The topological polar surface area (TPSA) is 175 Å². The number of esters is 1. The van der Waals surface area contributed by atoms with Crippen molar-refractivity contribution in [2.24, 2.45) is 17.6 Å². The molecule has 320 valence electrons. The largest absolute Gasteiger partial charge is 0.492 e. The van der Waals surface area contributed by atoms with Crippen LogP contribution in [0.1, 0.15) is 168 Å². The molecule has 1 rings (SSSR count). The van der Waals surface area contributed by atoms with Crippen molar-refractivity contribution in [3.63, 3.8) is 0 Å². The number of aliphatic hydroxyl groups excluding tert-OH is 2. The minimum Gasteiger partial charge on any atom is -0.492 e. The van der Waals surface area contributed by atoms with E-state index in [1.807, 2.05) is 18.2 Å². The van der Waals surface area contributed by atoms with Gasteiger partial charge in [-0.3, -0.25) is 18.6 Å². The number of hydrogen-bond acceptors (Lipinski definition) is 10. The Labute approximate surface area is 333 Å². The lowest BCUT2D eigenvalue weighted by molar-refractivity contribution is -0.147. The maximum Gasteiger partial charge on any atom is 0.472 e. The summed E-state index contributed by atoms with van der Waals surface area (Å²) in [4.78, 5) is 34.9. The third-order valence-electron chi connectivity index (χ3n) is 10.0. The average molecular weight is 800 g/mol. The highest BCUT2D eigenvalue weighted by molar-refractivity contribution is 7.47. The molecule has 0 spiro atoms. The van der Waals surface area contributed by atoms with Crippen molar-refractivity contribution in [3.8, 4) is 0 Å². The average Bonchev–Trinajstić information content (AvgIpc) is 3.43. The summed E-state index contributed by atoms with van der Waals surface area (Å²) in [5.41, 5.74) is 5.36. The number of nitrogens with two attached hydrogens (primary N) is 1. The Bertz CT molecular complexity index is 1100. The Balaban J connectivity index is 2.38. The summed E-state index contributed by atoms with van der Waals surface area (Å²) in [5.74, 6) is -1.07. The molecule has 55 heavy (non-hydrogen) atoms. The summed E-state index contributed by atoms with van der Waals surface area (Å²) < 4.78 is 33.1. The van der Waals surface area contributed by atoms with Crippen molar-refractivity contribution in [2.75, 3.05) is 26.4 Å². The van der Waals surface area contributed by atoms with Gasteiger partial charge in [-0.05, 0) is 44.6 Å². The number of hydrogen-bond donors (Lipinski definition) is 4. The molecule has 12 heteroatoms. The van der Waals surface area contributed by atoms with Gasteiger partial charge < -0.3 is 30.3 Å². The van der Waals surface area contributed by atoms with Crippen molar-refractivity contribution >= 4 is 19.6 Å². The summed E-state index contributed by atoms with van der Waals surface area (Å²) in [5, 5.41) is 20.7. The summed E-state index contributed by atoms with van der Waals surface area (Å²) in [6.45, 7) is 3.81. The van der Waals surface area contributed by atoms with Gasteiger partial charge in [0.25, 0.3) is 0 Å². The van der Waals surface area contributed by atoms with Crippen LogP contribution in [0.2, 0.25) is 0 Å². The predicted octanol–water partition coefficient (Wildman–Crippen LogP) is 9.57. The number of carbonyl (C=O) groups excluding carboxylic acids is 2. The number of allylic oxidation sites excluding steroid dienone is 3. The maximum absolute atomic E-state index is 12.5. The van der Waals surface area contributed by atoms with Crippen molar-refractivity contribution in [2.45, 2.75) is 186 Å². The van der Waals surface area contributed by atoms with E-state index in [9.17, 15) is 29.3 Å². The second-order valence-corrected chi connectivity index (χ2v) is 16.5. The third-order valence-corrected chi connectivity index (χ3v) is 11.0. The fourth-order valence-electron chi connectivity index (χ4n) is 6.67. The summed E-state index contributed by atoms with van der Waals surface area (Å²) in [7, 11) is -4.33. The molecule has 0 aliphatic heterocycles. The molecular weight excluding hydrogens is 721 g/mol. The van der Waals surface area contributed by atoms with Crippen molar-refractivity contribution in [1.82, 2.24) is 0 Å². The summed E-state index contributed by atoms with van der Waals surface area (Å²) >= 11 is 0. The molecule has 1 unspecified atom stereocenters. The fraction of sp³-hybridized carbons (Fsp3) is 0.814. The molecule has 0 saturated heterocycles. The molecular formula is C43H78NO10P. The lowest BCUT2D eigenvalue weighted by Gasteiger charge is -2.19. The van der Waals surface area contributed by atoms with Gasteiger partial charge in [-0.25, -0.2) is 4.57 Å². The van der Waals surface area contributed by atoms with Crippen LogP contribution >= 0.6 is 7.82 Å². The first-order valence-electron chi connectivity index (χ1n) is 21.6. The van der Waals surface area contributed by atoms with E-state index in [-0.39, 0.29) is 56.8 Å². The summed E-state index contributed by atoms with van der Waals surface area (Å²) in [6.07, 6.45) is 33.3. The molecule has 1 fully saturated rings. The van der Waals surface area contributed by atoms with Crippen LogP contribution in [0, 0.1) is 11.8 Å². The third kappa shape index (κ3) is 28.2. The Kier molecular flexibility index (Phi) is 31.8. The highest BCUT2D eigenvalue weighted by Gasteiger charge is 2.39. The smallest absolute Gasteiger partial charge is 0.472 e. The molecule has 1 saturated carbocycles. The van der Waals surface area contributed by atoms with E-state index in [1.165, 1.54) is 83.3 Å². The lowest BCUT2D eigenvalue weighted by Crippen LogP contribution is -2.25. The molecule has 0 radical (unpaired) electrons. The highest BCUT2D eigenvalue weighted by Crippen LogP contribution is 2.43. The fourth-order valence-corrected chi connectivity index (χ4v) is 7.43. The van der Waals surface area contributed by atoms with E-state index in [0.29, 0.717) is 25.7 Å². The van der Waals surface area contributed by atoms with Crippen molar-refractivity contribution in [1.29, 1.82) is 0 Å². The van der Waals surface area contributed by atoms with E-state index >= 15 is 0 Å². The van der Waals surface area contributed by atoms with Crippen molar-refractivity contribution < 1.29 is 47.8 Å². The lowest BCUT2D eigenvalue weighted by atomic mass is 9.90. The molecule has 1 aliphatic rings. The molecule has 6 atom stereocenters. The molecule has 0 aromatic rings. The zero-order valence-electron chi connectivity index (χ0n) is 34.4. The SMILES string of the molecule is CCCCCCCCCCCCCCCC/C=C/O[C@H](COC(=O)CCC/C=C\C[C@H]1C(=O)C[C@@H](O)[C@@H]1/C=C/[C@@H](O)CCCCC)COP(=O)(O)OCCN. The molecule has 5 N–H and O–H groups in total. The molecule has 0 aromatic heterocycles. The number of Topliss-reactive ketones (excluding diaryl/α,β-unsaturated/α-hetero) is 1. The van der Waals surface area contributed by atoms with Gasteiger partial charge in [-0.1, -0.05) is 141 Å². The van der Waals surface area contributed by atoms with E-state index in [2.05, 4.69) is 13.8 Å². The molecule has 11 nitrogen and oxygen atoms in total. The molecule has 1 aliphatic carbocycles. The molecule has 0 bridgehead atoms. The van der Waals surface area contributed by atoms with E-state index in [0.717, 1.165) is 38.5 Å². The van der Waals surface area contributed by atoms with Gasteiger partial charge in [0.05, 0.1) is 31.7 Å². The Morgan fingerprint density at radius 1 is 0.836 bits per heavy atom. The first-order chi connectivity index (χ1) is 26.6. The molecule has 0 aromatic carbocycles. The van der Waals surface area contributed by atoms with Gasteiger partial charge in [0, 0.05) is 31.2 Å². The van der Waals surface area contributed by atoms with Crippen LogP contribution in [-0.4, -0.2) is 71.5 Å². The Hall–Kier alpha value is -1.85. The van der Waals surface area contributed by atoms with Crippen LogP contribution in [0.15, 0.2) is 36.6 Å². The Morgan fingerprint density at radius 3 is 2.07 bits per heavy atom. The normalized spacial score (nSPS) is 19.8. The molecule has 0 amide bonds. The number of unbranched alkanes of at least 4 members (excludes halogenated alkanes) is 17. The van der Waals surface area contributed by atoms with Crippen LogP contribution in [0.4, 0.5) is 0 Å². The predicted molar refractivity (Wildman–Crippen MR) is 220 cm³/mol. The van der Waals surface area contributed by atoms with E-state index < -0.39 is 32.1 Å². The van der Waals surface area contributed by atoms with Gasteiger partial charge in [-0.15, -0.1) is 0 Å². The second-order valence-electron chi connectivity index (χ2n) is 15.1. The summed E-state index contributed by atoms with van der Waals surface area (Å²) in [6, 6.07) is 0. The van der Waals surface area contributed by atoms with Gasteiger partial charge in [-0.2, -0.15) is 0 Å². The molecule has 0 heterocycles. The van der Waals surface area contributed by atoms with E-state index in [1.54, 1.807) is 12.2 Å². The van der Waals surface area contributed by atoms with Gasteiger partial charge >= 0.3 is 13.8 Å². The number of ether oxygens (including phenoxy) is 2. The first-order valence-corrected chi connectivity index (χ1v) is 23.1. The van der Waals surface area contributed by atoms with Gasteiger partial charge in [0.1, 0.15) is 12.4 Å². The highest BCUT2D eigenvalue weighted by atomic mass is 31.2. The number of phosphoric acid groups is 1. The van der Waals surface area contributed by atoms with Crippen LogP contribution in [0.25, 0.3) is 0 Å². The minimum atomic E-state index is -4.33. The van der Waals surface area contributed by atoms with Crippen LogP contribution < -0.4 is 5.73 Å². The van der Waals surface area contributed by atoms with Gasteiger partial charge in [0.15, 0.2) is 6.10 Å². The number of phosphoric ester groups is 1. The van der Waals surface area contributed by atoms with Crippen LogP contribution in [-0.2, 0) is 32.7 Å². The first kappa shape index (κ1) is 51.2. The van der Waals surface area contributed by atoms with Crippen LogP contribution in [0.5, 0.6) is 0 Å². The quantitative estimate of drug-likeness (QED) is 0.0155. The number of rotatable bonds is 37. The minimum absolute atomic E-state index is 0.0183. The monoisotopic (exact) mass is 800 g/mol. The van der Waals surface area contributed by atoms with E-state index in [4.69, 9.17) is 24.3 Å². The number of carbonyl (C=O) groups is 2. The van der Waals surface area contributed by atoms with Crippen molar-refractivity contribution in [3.05, 3.63) is 36.6 Å². The second kappa shape index (κ2) is 34.2. The zero-order chi connectivity index (χ0) is 40.4. The Morgan fingerprint density at radius 2 is 1.44 bits per heavy atom.